The molecule has 2 amide bonds. The number of anilines is 1. The summed E-state index contributed by atoms with van der Waals surface area (Å²) in [5.74, 6) is -0.754. The van der Waals surface area contributed by atoms with Crippen molar-refractivity contribution in [1.29, 1.82) is 0 Å². The molecular formula is C43H49FN2O6. The molecular weight excluding hydrogens is 659 g/mol. The zero-order valence-electron chi connectivity index (χ0n) is 29.8. The van der Waals surface area contributed by atoms with Crippen LogP contribution in [0, 0.1) is 11.2 Å². The Labute approximate surface area is 306 Å². The number of unbranched alkanes of at least 4 members (excludes halogenated alkanes) is 5. The number of carbonyl (C=O) groups excluding carboxylic acids is 3. The van der Waals surface area contributed by atoms with Crippen LogP contribution in [0.15, 0.2) is 104 Å². The van der Waals surface area contributed by atoms with Crippen molar-refractivity contribution in [3.05, 3.63) is 121 Å². The fourth-order valence-electron chi connectivity index (χ4n) is 6.68. The molecule has 3 atom stereocenters. The number of esters is 1. The van der Waals surface area contributed by atoms with Crippen molar-refractivity contribution < 1.29 is 33.0 Å². The number of ether oxygens (including phenoxy) is 3. The summed E-state index contributed by atoms with van der Waals surface area (Å²) in [5, 5.41) is 2.86. The average molecular weight is 709 g/mol. The third kappa shape index (κ3) is 10.7. The number of likely N-dealkylation sites (tertiary alicyclic amines) is 1. The summed E-state index contributed by atoms with van der Waals surface area (Å²) in [4.78, 5) is 42.1. The van der Waals surface area contributed by atoms with E-state index < -0.39 is 30.2 Å². The number of allylic oxidation sites excluding steroid dienone is 3. The zero-order valence-corrected chi connectivity index (χ0v) is 29.8. The maximum absolute atomic E-state index is 13.8. The second-order valence-corrected chi connectivity index (χ2v) is 13.5. The summed E-state index contributed by atoms with van der Waals surface area (Å²) < 4.78 is 31.2. The van der Waals surface area contributed by atoms with Gasteiger partial charge in [0.25, 0.3) is 0 Å². The van der Waals surface area contributed by atoms with E-state index in [1.165, 1.54) is 12.1 Å². The second-order valence-electron chi connectivity index (χ2n) is 13.5. The van der Waals surface area contributed by atoms with Crippen LogP contribution >= 0.6 is 0 Å². The Morgan fingerprint density at radius 3 is 2.42 bits per heavy atom. The summed E-state index contributed by atoms with van der Waals surface area (Å²) in [6.45, 7) is 8.63. The molecule has 2 aliphatic rings. The highest BCUT2D eigenvalue weighted by molar-refractivity contribution is 6.05. The third-order valence-electron chi connectivity index (χ3n) is 9.51. The first kappa shape index (κ1) is 38.2. The van der Waals surface area contributed by atoms with Crippen molar-refractivity contribution in [3.63, 3.8) is 0 Å². The molecule has 5 rings (SSSR count). The number of nitrogens with one attached hydrogen (secondary N) is 1. The molecule has 0 aromatic heterocycles. The van der Waals surface area contributed by atoms with Crippen molar-refractivity contribution in [1.82, 2.24) is 4.90 Å². The minimum Gasteiger partial charge on any atom is -0.459 e. The van der Waals surface area contributed by atoms with Crippen LogP contribution < -0.4 is 10.1 Å². The standard InChI is InChI=1S/C43H49FN2O6/c1-3-5-7-8-9-10-14-18-33-26-35(21-24-38(33)52-36-22-19-34(44)20-23-36)45-40(47)27-41(48)46-37(42(49)51-30-32-16-12-11-13-17-32)28-43(29-39(43)46)31-50-25-15-6-4-2/h3-4,11-14,16-24,26,37,39H,1-2,5-10,15,25,27-31H2,(H,45,47)/b18-14-/t37-,39-,43+/m0/s1. The summed E-state index contributed by atoms with van der Waals surface area (Å²) in [6, 6.07) is 19.4. The maximum Gasteiger partial charge on any atom is 0.329 e. The molecule has 8 nitrogen and oxygen atoms in total. The number of halogens is 1. The number of amides is 2. The molecule has 1 saturated carbocycles. The van der Waals surface area contributed by atoms with Gasteiger partial charge < -0.3 is 24.4 Å². The van der Waals surface area contributed by atoms with Gasteiger partial charge in [-0.05, 0) is 99.4 Å². The van der Waals surface area contributed by atoms with Crippen LogP contribution in [0.1, 0.15) is 75.3 Å². The number of piperidine rings is 1. The fourth-order valence-corrected chi connectivity index (χ4v) is 6.68. The van der Waals surface area contributed by atoms with Gasteiger partial charge in [-0.3, -0.25) is 9.59 Å². The van der Waals surface area contributed by atoms with E-state index in [-0.39, 0.29) is 23.9 Å². The van der Waals surface area contributed by atoms with E-state index in [9.17, 15) is 18.8 Å². The quantitative estimate of drug-likeness (QED) is 0.0514. The Bertz CT molecular complexity index is 1710. The SMILES string of the molecule is C=CCCCCC/C=C\c1cc(NC(=O)CC(=O)N2[C@H]3C[C@@]3(COCCCC=C)C[C@H]2C(=O)OCc2ccccc2)ccc1Oc1ccc(F)cc1. The van der Waals surface area contributed by atoms with Crippen LogP contribution in [0.2, 0.25) is 0 Å². The first-order valence-electron chi connectivity index (χ1n) is 18.2. The van der Waals surface area contributed by atoms with E-state index in [1.807, 2.05) is 48.6 Å². The van der Waals surface area contributed by atoms with Crippen molar-refractivity contribution >= 4 is 29.5 Å². The highest BCUT2D eigenvalue weighted by Gasteiger charge is 2.67. The normalized spacial score (nSPS) is 18.8. The number of fused-ring (bicyclic) bond motifs is 1. The lowest BCUT2D eigenvalue weighted by molar-refractivity contribution is -0.156. The number of nitrogens with zero attached hydrogens (tertiary/aromatic N) is 1. The molecule has 0 radical (unpaired) electrons. The van der Waals surface area contributed by atoms with Gasteiger partial charge in [0.05, 0.1) is 6.61 Å². The predicted molar refractivity (Wildman–Crippen MR) is 201 cm³/mol. The minimum atomic E-state index is -0.795. The van der Waals surface area contributed by atoms with Gasteiger partial charge in [0.2, 0.25) is 11.8 Å². The third-order valence-corrected chi connectivity index (χ3v) is 9.51. The lowest BCUT2D eigenvalue weighted by atomic mass is 10.0. The number of hydrogen-bond donors (Lipinski definition) is 1. The fraction of sp³-hybridized carbons (Fsp3) is 0.372. The summed E-state index contributed by atoms with van der Waals surface area (Å²) in [7, 11) is 0. The molecule has 2 fully saturated rings. The Balaban J connectivity index is 1.25. The van der Waals surface area contributed by atoms with Gasteiger partial charge in [0.15, 0.2) is 0 Å². The van der Waals surface area contributed by atoms with E-state index in [0.717, 1.165) is 56.1 Å². The molecule has 9 heteroatoms. The van der Waals surface area contributed by atoms with Crippen LogP contribution in [-0.4, -0.2) is 48.0 Å². The molecule has 0 bridgehead atoms. The van der Waals surface area contributed by atoms with E-state index in [0.29, 0.717) is 43.2 Å². The Morgan fingerprint density at radius 2 is 1.65 bits per heavy atom. The monoisotopic (exact) mass is 708 g/mol. The molecule has 1 N–H and O–H groups in total. The highest BCUT2D eigenvalue weighted by Crippen LogP contribution is 2.60. The Kier molecular flexibility index (Phi) is 14.0. The topological polar surface area (TPSA) is 94.2 Å². The lowest BCUT2D eigenvalue weighted by Gasteiger charge is -2.26. The van der Waals surface area contributed by atoms with Gasteiger partial charge in [-0.1, -0.05) is 61.1 Å². The van der Waals surface area contributed by atoms with Crippen LogP contribution in [0.4, 0.5) is 10.1 Å². The largest absolute Gasteiger partial charge is 0.459 e. The van der Waals surface area contributed by atoms with Crippen LogP contribution in [0.3, 0.4) is 0 Å². The summed E-state index contributed by atoms with van der Waals surface area (Å²) in [5.41, 5.74) is 1.73. The molecule has 1 saturated heterocycles. The van der Waals surface area contributed by atoms with E-state index in [2.05, 4.69) is 24.6 Å². The molecule has 1 aliphatic heterocycles. The maximum atomic E-state index is 13.8. The number of carbonyl (C=O) groups is 3. The summed E-state index contributed by atoms with van der Waals surface area (Å²) in [6.07, 6.45) is 15.3. The first-order valence-corrected chi connectivity index (χ1v) is 18.2. The average Bonchev–Trinajstić information content (AvgIpc) is 3.74. The molecule has 3 aromatic carbocycles. The van der Waals surface area contributed by atoms with Crippen LogP contribution in [-0.2, 0) is 30.5 Å². The number of rotatable bonds is 21. The summed E-state index contributed by atoms with van der Waals surface area (Å²) >= 11 is 0. The molecule has 3 aromatic rings. The molecule has 1 aliphatic carbocycles. The first-order chi connectivity index (χ1) is 25.3. The van der Waals surface area contributed by atoms with E-state index in [1.54, 1.807) is 35.2 Å². The molecule has 1 heterocycles. The number of hydrogen-bond acceptors (Lipinski definition) is 6. The number of benzene rings is 3. The molecule has 0 unspecified atom stereocenters. The van der Waals surface area contributed by atoms with Gasteiger partial charge >= 0.3 is 5.97 Å². The lowest BCUT2D eigenvalue weighted by Crippen LogP contribution is -2.44. The Hall–Kier alpha value is -5.02. The van der Waals surface area contributed by atoms with Gasteiger partial charge in [-0.15, -0.1) is 13.2 Å². The van der Waals surface area contributed by atoms with Crippen LogP contribution in [0.25, 0.3) is 6.08 Å². The van der Waals surface area contributed by atoms with E-state index in [4.69, 9.17) is 14.2 Å². The second kappa shape index (κ2) is 19.0. The van der Waals surface area contributed by atoms with Gasteiger partial charge in [-0.25, -0.2) is 9.18 Å². The van der Waals surface area contributed by atoms with Gasteiger partial charge in [0, 0.05) is 29.3 Å². The van der Waals surface area contributed by atoms with Crippen molar-refractivity contribution in [2.45, 2.75) is 82.9 Å². The van der Waals surface area contributed by atoms with Crippen molar-refractivity contribution in [2.24, 2.45) is 5.41 Å². The molecule has 0 spiro atoms. The smallest absolute Gasteiger partial charge is 0.329 e. The van der Waals surface area contributed by atoms with Crippen molar-refractivity contribution in [2.75, 3.05) is 18.5 Å². The highest BCUT2D eigenvalue weighted by atomic mass is 19.1. The van der Waals surface area contributed by atoms with Crippen molar-refractivity contribution in [3.8, 4) is 11.5 Å². The van der Waals surface area contributed by atoms with Crippen LogP contribution in [0.5, 0.6) is 11.5 Å². The van der Waals surface area contributed by atoms with Gasteiger partial charge in [-0.2, -0.15) is 0 Å². The molecule has 52 heavy (non-hydrogen) atoms. The van der Waals surface area contributed by atoms with Gasteiger partial charge in [0.1, 0.15) is 36.4 Å². The zero-order chi connectivity index (χ0) is 36.8. The predicted octanol–water partition coefficient (Wildman–Crippen LogP) is 9.18. The Morgan fingerprint density at radius 1 is 0.904 bits per heavy atom. The van der Waals surface area contributed by atoms with E-state index >= 15 is 0 Å². The minimum absolute atomic E-state index is 0.0986. The molecule has 274 valence electrons.